The van der Waals surface area contributed by atoms with E-state index in [1.807, 2.05) is 6.08 Å². The fourth-order valence-electron chi connectivity index (χ4n) is 12.7. The first-order chi connectivity index (χ1) is 51.1. The van der Waals surface area contributed by atoms with Gasteiger partial charge in [-0.2, -0.15) is 0 Å². The lowest BCUT2D eigenvalue weighted by Gasteiger charge is -2.46. The molecule has 0 aromatic rings. The third-order valence-corrected chi connectivity index (χ3v) is 19.2. The molecule has 2 aliphatic heterocycles. The summed E-state index contributed by atoms with van der Waals surface area (Å²) in [4.78, 5) is 13.4. The van der Waals surface area contributed by atoms with Crippen LogP contribution in [-0.2, 0) is 23.7 Å². The molecule has 14 heteroatoms. The van der Waals surface area contributed by atoms with Crippen LogP contribution in [0.1, 0.15) is 309 Å². The van der Waals surface area contributed by atoms with Gasteiger partial charge in [-0.15, -0.1) is 0 Å². The lowest BCUT2D eigenvalue weighted by atomic mass is 9.97. The number of carbonyl (C=O) groups is 1. The molecule has 2 saturated heterocycles. The maximum absolute atomic E-state index is 13.4. The van der Waals surface area contributed by atoms with Crippen LogP contribution >= 0.6 is 0 Å². The lowest BCUT2D eigenvalue weighted by Crippen LogP contribution is -2.65. The average molecular weight is 1460 g/mol. The minimum absolute atomic E-state index is 0.251. The van der Waals surface area contributed by atoms with Crippen LogP contribution in [0.5, 0.6) is 0 Å². The first-order valence-electron chi connectivity index (χ1n) is 41.7. The van der Waals surface area contributed by atoms with Gasteiger partial charge in [0.05, 0.1) is 32.0 Å². The van der Waals surface area contributed by atoms with Crippen molar-refractivity contribution < 1.29 is 64.6 Å². The average Bonchev–Trinajstić information content (AvgIpc) is 0.789. The number of hydrogen-bond acceptors (Lipinski definition) is 13. The molecule has 2 rings (SSSR count). The molecule has 594 valence electrons. The molecule has 0 radical (unpaired) electrons. The van der Waals surface area contributed by atoms with Crippen molar-refractivity contribution in [1.29, 1.82) is 0 Å². The molecular weight excluding hydrogens is 1300 g/mol. The van der Waals surface area contributed by atoms with Crippen LogP contribution in [-0.4, -0.2) is 140 Å². The van der Waals surface area contributed by atoms with Gasteiger partial charge in [-0.3, -0.25) is 4.79 Å². The zero-order valence-electron chi connectivity index (χ0n) is 65.2. The van der Waals surface area contributed by atoms with Crippen LogP contribution in [0.2, 0.25) is 0 Å². The highest BCUT2D eigenvalue weighted by molar-refractivity contribution is 5.76. The molecular formula is C90H151NO13. The number of unbranched alkanes of at least 4 members (excludes halogenated alkanes) is 31. The zero-order valence-corrected chi connectivity index (χ0v) is 65.2. The van der Waals surface area contributed by atoms with E-state index in [-0.39, 0.29) is 18.9 Å². The van der Waals surface area contributed by atoms with E-state index >= 15 is 0 Å². The number of aliphatic hydroxyl groups is 8. The Morgan fingerprint density at radius 1 is 0.356 bits per heavy atom. The molecule has 104 heavy (non-hydrogen) atoms. The van der Waals surface area contributed by atoms with Gasteiger partial charge in [0, 0.05) is 6.42 Å². The molecule has 12 unspecified atom stereocenters. The minimum atomic E-state index is -1.80. The normalized spacial score (nSPS) is 22.3. The van der Waals surface area contributed by atoms with Crippen molar-refractivity contribution in [2.45, 2.75) is 383 Å². The van der Waals surface area contributed by atoms with Crippen molar-refractivity contribution in [2.24, 2.45) is 0 Å². The van der Waals surface area contributed by atoms with Gasteiger partial charge in [0.2, 0.25) is 5.91 Å². The Balaban J connectivity index is 1.64. The van der Waals surface area contributed by atoms with Gasteiger partial charge >= 0.3 is 0 Å². The molecule has 0 aliphatic carbocycles. The molecule has 2 aliphatic rings. The van der Waals surface area contributed by atoms with Crippen LogP contribution in [0, 0.1) is 0 Å². The van der Waals surface area contributed by atoms with Gasteiger partial charge in [0.25, 0.3) is 0 Å². The molecule has 1 amide bonds. The SMILES string of the molecule is CC/C=C\C/C=C\C/C=C\C/C=C\C/C=C\C/C=C\C/C=C\C/C=C\C/C=C\C/C=C\C/C=C\CCCCCCCCCC(=O)NC(COC1OC(CO)C(OC2OC(CO)C(O)C(O)C2O)C(O)C1O)C(O)/C=C/CC/C=C/CCCCCCCCCCCCCCCCCCCCCCCCC. The Bertz CT molecular complexity index is 2370. The molecule has 0 saturated carbocycles. The van der Waals surface area contributed by atoms with Crippen molar-refractivity contribution in [3.63, 3.8) is 0 Å². The van der Waals surface area contributed by atoms with Crippen molar-refractivity contribution in [3.8, 4) is 0 Å². The van der Waals surface area contributed by atoms with Gasteiger partial charge in [-0.25, -0.2) is 0 Å². The Labute approximate surface area is 633 Å². The largest absolute Gasteiger partial charge is 0.394 e. The summed E-state index contributed by atoms with van der Waals surface area (Å²) in [6.07, 6.45) is 93.2. The Hall–Kier alpha value is -4.39. The second-order valence-corrected chi connectivity index (χ2v) is 28.5. The summed E-state index contributed by atoms with van der Waals surface area (Å²) in [5.41, 5.74) is 0. The highest BCUT2D eigenvalue weighted by atomic mass is 16.7. The van der Waals surface area contributed by atoms with E-state index in [2.05, 4.69) is 165 Å². The van der Waals surface area contributed by atoms with Crippen LogP contribution in [0.3, 0.4) is 0 Å². The summed E-state index contributed by atoms with van der Waals surface area (Å²) in [5.74, 6) is -0.264. The van der Waals surface area contributed by atoms with Crippen LogP contribution in [0.4, 0.5) is 0 Å². The fourth-order valence-corrected chi connectivity index (χ4v) is 12.7. The van der Waals surface area contributed by atoms with E-state index in [1.54, 1.807) is 6.08 Å². The second-order valence-electron chi connectivity index (χ2n) is 28.5. The van der Waals surface area contributed by atoms with Crippen LogP contribution < -0.4 is 5.32 Å². The van der Waals surface area contributed by atoms with E-state index < -0.39 is 86.8 Å². The molecule has 0 bridgehead atoms. The molecule has 0 aromatic heterocycles. The molecule has 0 aromatic carbocycles. The quantitative estimate of drug-likeness (QED) is 0.0204. The van der Waals surface area contributed by atoms with E-state index in [4.69, 9.17) is 18.9 Å². The summed E-state index contributed by atoms with van der Waals surface area (Å²) < 4.78 is 22.9. The van der Waals surface area contributed by atoms with Gasteiger partial charge in [0.15, 0.2) is 12.6 Å². The maximum atomic E-state index is 13.4. The predicted octanol–water partition coefficient (Wildman–Crippen LogP) is 19.7. The number of aliphatic hydroxyl groups excluding tert-OH is 8. The number of carbonyl (C=O) groups excluding carboxylic acids is 1. The second kappa shape index (κ2) is 71.5. The monoisotopic (exact) mass is 1450 g/mol. The molecule has 2 heterocycles. The smallest absolute Gasteiger partial charge is 0.220 e. The van der Waals surface area contributed by atoms with Crippen molar-refractivity contribution in [1.82, 2.24) is 5.32 Å². The summed E-state index contributed by atoms with van der Waals surface area (Å²) in [7, 11) is 0. The Morgan fingerprint density at radius 2 is 0.673 bits per heavy atom. The number of hydrogen-bond donors (Lipinski definition) is 9. The van der Waals surface area contributed by atoms with Crippen LogP contribution in [0.25, 0.3) is 0 Å². The summed E-state index contributed by atoms with van der Waals surface area (Å²) in [5, 5.41) is 87.7. The molecule has 0 spiro atoms. The third-order valence-electron chi connectivity index (χ3n) is 19.2. The fraction of sp³-hybridized carbons (Fsp3) is 0.700. The number of ether oxygens (including phenoxy) is 4. The Morgan fingerprint density at radius 3 is 1.06 bits per heavy atom. The molecule has 2 fully saturated rings. The highest BCUT2D eigenvalue weighted by Crippen LogP contribution is 2.30. The highest BCUT2D eigenvalue weighted by Gasteiger charge is 2.51. The van der Waals surface area contributed by atoms with Crippen molar-refractivity contribution >= 4 is 5.91 Å². The topological polar surface area (TPSA) is 228 Å². The third kappa shape index (κ3) is 53.4. The summed E-state index contributed by atoms with van der Waals surface area (Å²) in [6, 6.07) is -0.952. The number of allylic oxidation sites excluding steroid dienone is 25. The van der Waals surface area contributed by atoms with Gasteiger partial charge < -0.3 is 65.1 Å². The zero-order chi connectivity index (χ0) is 75.1. The van der Waals surface area contributed by atoms with E-state index in [1.165, 1.54) is 148 Å². The predicted molar refractivity (Wildman–Crippen MR) is 433 cm³/mol. The summed E-state index contributed by atoms with van der Waals surface area (Å²) in [6.45, 7) is 2.68. The number of nitrogens with one attached hydrogen (secondary N) is 1. The molecule has 12 atom stereocenters. The molecule has 9 N–H and O–H groups in total. The standard InChI is InChI=1S/C90H151NO13/c1-3-5-7-9-11-13-15-17-19-21-23-25-27-29-31-33-34-35-36-37-38-39-40-41-42-43-44-46-48-50-52-54-56-58-60-62-64-66-68-70-72-74-82(95)91-78(77-101-89-87(100)85(98)88(81(76-93)103-89)104-90-86(99)84(97)83(96)80(75-92)102-90)79(94)73-71-69-67-65-63-61-59-57-55-53-51-49-47-45-32-30-28-26-24-22-20-18-16-14-12-10-8-6-4-2/h5,7,11,13,17,19,23,25,29,31,34-35,37-38,40-41,43-44,48,50,54,56,63,65,71,73,78-81,83-90,92-94,96-100H,3-4,6,8-10,12,14-16,18,20-22,24,26-28,30,32-33,36,39,42,45-47,49,51-53,55,57-62,64,66-70,72,74-77H2,1-2H3,(H,91,95)/b7-5-,13-11-,19-17-,25-23-,31-29-,35-34-,38-37-,41-40-,44-43-,50-48-,56-54-,65-63+,73-71+. The van der Waals surface area contributed by atoms with Gasteiger partial charge in [-0.1, -0.05) is 345 Å². The first-order valence-corrected chi connectivity index (χ1v) is 41.7. The maximum Gasteiger partial charge on any atom is 0.220 e. The van der Waals surface area contributed by atoms with E-state index in [9.17, 15) is 45.6 Å². The van der Waals surface area contributed by atoms with E-state index in [0.717, 1.165) is 128 Å². The number of rotatable bonds is 68. The lowest BCUT2D eigenvalue weighted by molar-refractivity contribution is -0.359. The van der Waals surface area contributed by atoms with Crippen LogP contribution in [0.15, 0.2) is 158 Å². The minimum Gasteiger partial charge on any atom is -0.394 e. The van der Waals surface area contributed by atoms with Gasteiger partial charge in [-0.05, 0) is 116 Å². The van der Waals surface area contributed by atoms with E-state index in [0.29, 0.717) is 12.8 Å². The number of amides is 1. The van der Waals surface area contributed by atoms with Crippen molar-refractivity contribution in [2.75, 3.05) is 19.8 Å². The first kappa shape index (κ1) is 95.7. The molecule has 14 nitrogen and oxygen atoms in total. The Kier molecular flexibility index (Phi) is 65.8. The van der Waals surface area contributed by atoms with Gasteiger partial charge in [0.1, 0.15) is 48.8 Å². The van der Waals surface area contributed by atoms with Crippen molar-refractivity contribution in [3.05, 3.63) is 158 Å². The summed E-state index contributed by atoms with van der Waals surface area (Å²) >= 11 is 0.